The second-order valence-corrected chi connectivity index (χ2v) is 5.07. The standard InChI is InChI=1S/C11H10Se/c1-2-6-10(7-3-1)12-11-8-4-5-9-11/h1-4,6-9H,5H2. The van der Waals surface area contributed by atoms with Gasteiger partial charge in [-0.05, 0) is 0 Å². The van der Waals surface area contributed by atoms with Crippen LogP contribution in [0.15, 0.2) is 53.0 Å². The third kappa shape index (κ3) is 1.88. The van der Waals surface area contributed by atoms with Crippen LogP contribution in [0.4, 0.5) is 0 Å². The molecule has 0 amide bonds. The van der Waals surface area contributed by atoms with Crippen molar-refractivity contribution in [2.45, 2.75) is 6.42 Å². The topological polar surface area (TPSA) is 0 Å². The van der Waals surface area contributed by atoms with Gasteiger partial charge >= 0.3 is 78.9 Å². The number of benzene rings is 1. The van der Waals surface area contributed by atoms with Gasteiger partial charge in [0, 0.05) is 0 Å². The van der Waals surface area contributed by atoms with Crippen LogP contribution >= 0.6 is 0 Å². The van der Waals surface area contributed by atoms with Crippen molar-refractivity contribution in [2.75, 3.05) is 0 Å². The Morgan fingerprint density at radius 3 is 2.58 bits per heavy atom. The molecule has 0 bridgehead atoms. The maximum atomic E-state index is 2.31. The molecular weight excluding hydrogens is 211 g/mol. The molecule has 0 nitrogen and oxygen atoms in total. The van der Waals surface area contributed by atoms with Gasteiger partial charge in [-0.15, -0.1) is 0 Å². The molecule has 2 rings (SSSR count). The average molecular weight is 221 g/mol. The van der Waals surface area contributed by atoms with E-state index in [0.717, 1.165) is 6.42 Å². The van der Waals surface area contributed by atoms with E-state index in [1.807, 2.05) is 0 Å². The van der Waals surface area contributed by atoms with Crippen molar-refractivity contribution in [2.24, 2.45) is 0 Å². The van der Waals surface area contributed by atoms with E-state index >= 15 is 0 Å². The first-order valence-corrected chi connectivity index (χ1v) is 5.76. The van der Waals surface area contributed by atoms with Gasteiger partial charge in [0.05, 0.1) is 0 Å². The Bertz CT molecular complexity index is 309. The van der Waals surface area contributed by atoms with Crippen LogP contribution in [-0.4, -0.2) is 15.0 Å². The minimum absolute atomic E-state index is 0.522. The summed E-state index contributed by atoms with van der Waals surface area (Å²) in [6.07, 6.45) is 7.91. The van der Waals surface area contributed by atoms with Crippen LogP contribution in [0, 0.1) is 0 Å². The van der Waals surface area contributed by atoms with Gasteiger partial charge in [0.15, 0.2) is 0 Å². The van der Waals surface area contributed by atoms with E-state index in [1.54, 1.807) is 0 Å². The number of hydrogen-bond acceptors (Lipinski definition) is 0. The fraction of sp³-hybridized carbons (Fsp3) is 0.0909. The van der Waals surface area contributed by atoms with E-state index in [-0.39, 0.29) is 0 Å². The fourth-order valence-electron chi connectivity index (χ4n) is 1.14. The first kappa shape index (κ1) is 7.85. The van der Waals surface area contributed by atoms with Crippen molar-refractivity contribution in [1.82, 2.24) is 0 Å². The van der Waals surface area contributed by atoms with Gasteiger partial charge in [-0.3, -0.25) is 0 Å². The van der Waals surface area contributed by atoms with Crippen molar-refractivity contribution in [3.8, 4) is 0 Å². The molecule has 0 radical (unpaired) electrons. The second kappa shape index (κ2) is 3.75. The summed E-state index contributed by atoms with van der Waals surface area (Å²) in [5, 5.41) is 0. The summed E-state index contributed by atoms with van der Waals surface area (Å²) in [6, 6.07) is 10.7. The Morgan fingerprint density at radius 1 is 1.08 bits per heavy atom. The van der Waals surface area contributed by atoms with Crippen molar-refractivity contribution in [3.63, 3.8) is 0 Å². The Kier molecular flexibility index (Phi) is 2.45. The minimum atomic E-state index is 0.522. The zero-order chi connectivity index (χ0) is 8.23. The molecule has 60 valence electrons. The fourth-order valence-corrected chi connectivity index (χ4v) is 3.04. The average Bonchev–Trinajstić information content (AvgIpc) is 2.59. The van der Waals surface area contributed by atoms with Crippen LogP contribution in [0.1, 0.15) is 6.42 Å². The summed E-state index contributed by atoms with van der Waals surface area (Å²) in [7, 11) is 0. The Labute approximate surface area is 79.2 Å². The van der Waals surface area contributed by atoms with E-state index in [1.165, 1.54) is 8.93 Å². The van der Waals surface area contributed by atoms with Crippen molar-refractivity contribution < 1.29 is 0 Å². The molecule has 1 aliphatic rings. The van der Waals surface area contributed by atoms with Gasteiger partial charge < -0.3 is 0 Å². The normalized spacial score (nSPS) is 14.8. The van der Waals surface area contributed by atoms with Crippen molar-refractivity contribution in [3.05, 3.63) is 53.0 Å². The van der Waals surface area contributed by atoms with E-state index in [0.29, 0.717) is 15.0 Å². The van der Waals surface area contributed by atoms with Gasteiger partial charge in [-0.25, -0.2) is 0 Å². The first-order valence-electron chi connectivity index (χ1n) is 4.05. The number of hydrogen-bond donors (Lipinski definition) is 0. The molecule has 1 aromatic carbocycles. The zero-order valence-electron chi connectivity index (χ0n) is 6.73. The molecule has 0 aliphatic heterocycles. The van der Waals surface area contributed by atoms with E-state index in [2.05, 4.69) is 48.6 Å². The van der Waals surface area contributed by atoms with E-state index < -0.39 is 0 Å². The summed E-state index contributed by atoms with van der Waals surface area (Å²) in [6.45, 7) is 0. The molecule has 0 fully saturated rings. The SMILES string of the molecule is C1=CC([Se]c2ccccc2)=CC1. The summed E-state index contributed by atoms with van der Waals surface area (Å²) >= 11 is 0.522. The van der Waals surface area contributed by atoms with Gasteiger partial charge in [0.2, 0.25) is 0 Å². The third-order valence-electron chi connectivity index (χ3n) is 1.72. The third-order valence-corrected chi connectivity index (χ3v) is 3.91. The molecule has 1 aromatic rings. The molecule has 0 N–H and O–H groups in total. The summed E-state index contributed by atoms with van der Waals surface area (Å²) in [5.74, 6) is 0. The predicted molar refractivity (Wildman–Crippen MR) is 53.7 cm³/mol. The van der Waals surface area contributed by atoms with E-state index in [9.17, 15) is 0 Å². The second-order valence-electron chi connectivity index (χ2n) is 2.66. The molecular formula is C11H10Se. The van der Waals surface area contributed by atoms with E-state index in [4.69, 9.17) is 0 Å². The van der Waals surface area contributed by atoms with Crippen LogP contribution in [0.5, 0.6) is 0 Å². The molecule has 0 unspecified atom stereocenters. The van der Waals surface area contributed by atoms with Crippen LogP contribution in [-0.2, 0) is 0 Å². The van der Waals surface area contributed by atoms with Crippen LogP contribution in [0.2, 0.25) is 0 Å². The maximum absolute atomic E-state index is 2.31. The zero-order valence-corrected chi connectivity index (χ0v) is 8.45. The van der Waals surface area contributed by atoms with Gasteiger partial charge in [0.1, 0.15) is 0 Å². The summed E-state index contributed by atoms with van der Waals surface area (Å²) < 4.78 is 2.97. The molecule has 1 heteroatoms. The Hall–Kier alpha value is -0.781. The molecule has 0 atom stereocenters. The quantitative estimate of drug-likeness (QED) is 0.669. The molecule has 0 spiro atoms. The van der Waals surface area contributed by atoms with Gasteiger partial charge in [0.25, 0.3) is 0 Å². The van der Waals surface area contributed by atoms with Crippen LogP contribution in [0.25, 0.3) is 0 Å². The van der Waals surface area contributed by atoms with Crippen LogP contribution in [0.3, 0.4) is 0 Å². The molecule has 0 heterocycles. The Balaban J connectivity index is 2.09. The van der Waals surface area contributed by atoms with Crippen molar-refractivity contribution in [1.29, 1.82) is 0 Å². The predicted octanol–water partition coefficient (Wildman–Crippen LogP) is 1.86. The molecule has 0 saturated carbocycles. The first-order chi connectivity index (χ1) is 5.95. The summed E-state index contributed by atoms with van der Waals surface area (Å²) in [5.41, 5.74) is 0. The van der Waals surface area contributed by atoms with Gasteiger partial charge in [-0.1, -0.05) is 0 Å². The monoisotopic (exact) mass is 222 g/mol. The number of allylic oxidation sites excluding steroid dienone is 4. The summed E-state index contributed by atoms with van der Waals surface area (Å²) in [4.78, 5) is 0. The molecule has 0 saturated heterocycles. The number of rotatable bonds is 2. The molecule has 1 aliphatic carbocycles. The van der Waals surface area contributed by atoms with Crippen LogP contribution < -0.4 is 4.46 Å². The molecule has 0 aromatic heterocycles. The Morgan fingerprint density at radius 2 is 1.92 bits per heavy atom. The van der Waals surface area contributed by atoms with Gasteiger partial charge in [-0.2, -0.15) is 0 Å². The van der Waals surface area contributed by atoms with Crippen molar-refractivity contribution >= 4 is 19.4 Å². The molecule has 12 heavy (non-hydrogen) atoms.